The fourth-order valence-electron chi connectivity index (χ4n) is 2.34. The van der Waals surface area contributed by atoms with E-state index in [1.807, 2.05) is 53.5 Å². The Morgan fingerprint density at radius 1 is 1.05 bits per heavy atom. The topological polar surface area (TPSA) is 18.5 Å². The summed E-state index contributed by atoms with van der Waals surface area (Å²) in [6, 6.07) is 16.2. The van der Waals surface area contributed by atoms with E-state index < -0.39 is 0 Å². The van der Waals surface area contributed by atoms with Gasteiger partial charge in [0.2, 0.25) is 0 Å². The van der Waals surface area contributed by atoms with Crippen LogP contribution in [0.1, 0.15) is 11.1 Å². The van der Waals surface area contributed by atoms with Crippen molar-refractivity contribution in [3.8, 4) is 0 Å². The van der Waals surface area contributed by atoms with E-state index in [-0.39, 0.29) is 0 Å². The van der Waals surface area contributed by atoms with Crippen molar-refractivity contribution in [1.82, 2.24) is 10.5 Å². The Hall–Kier alpha value is -1.97. The van der Waals surface area contributed by atoms with Gasteiger partial charge in [0.15, 0.2) is 0 Å². The minimum atomic E-state index is 0.756. The van der Waals surface area contributed by atoms with Gasteiger partial charge in [-0.05, 0) is 30.7 Å². The molecule has 0 aliphatic carbocycles. The molecule has 0 radical (unpaired) electrons. The van der Waals surface area contributed by atoms with Gasteiger partial charge in [-0.1, -0.05) is 41.9 Å². The van der Waals surface area contributed by atoms with Gasteiger partial charge < -0.3 is 0 Å². The standard InChI is InChI=1S/C16H16ClN3/c1-12-10-14(17)8-9-15(12)20-11-16(19(2)18-20)13-6-4-3-5-7-13/h3-11,18H,1-2H3. The molecule has 20 heavy (non-hydrogen) atoms. The van der Waals surface area contributed by atoms with Gasteiger partial charge in [0.25, 0.3) is 0 Å². The van der Waals surface area contributed by atoms with Crippen LogP contribution < -0.4 is 10.5 Å². The summed E-state index contributed by atoms with van der Waals surface area (Å²) in [6.45, 7) is 2.05. The molecule has 0 saturated heterocycles. The molecule has 0 aromatic heterocycles. The first-order valence-corrected chi connectivity index (χ1v) is 6.85. The highest BCUT2D eigenvalue weighted by Crippen LogP contribution is 2.28. The molecule has 3 nitrogen and oxygen atoms in total. The van der Waals surface area contributed by atoms with Crippen LogP contribution in [0.4, 0.5) is 5.69 Å². The third-order valence-corrected chi connectivity index (χ3v) is 3.59. The molecule has 2 aromatic rings. The monoisotopic (exact) mass is 285 g/mol. The maximum atomic E-state index is 6.01. The van der Waals surface area contributed by atoms with Crippen molar-refractivity contribution in [2.75, 3.05) is 12.1 Å². The molecule has 102 valence electrons. The van der Waals surface area contributed by atoms with E-state index in [4.69, 9.17) is 11.6 Å². The van der Waals surface area contributed by atoms with Crippen LogP contribution in [-0.4, -0.2) is 12.1 Å². The predicted octanol–water partition coefficient (Wildman–Crippen LogP) is 3.82. The molecule has 4 heteroatoms. The SMILES string of the molecule is Cc1cc(Cl)ccc1N1C=C(c2ccccc2)N(C)N1. The Kier molecular flexibility index (Phi) is 3.38. The molecule has 0 bridgehead atoms. The lowest BCUT2D eigenvalue weighted by Crippen LogP contribution is -2.38. The number of hydrogen-bond donors (Lipinski definition) is 1. The number of nitrogens with one attached hydrogen (secondary N) is 1. The van der Waals surface area contributed by atoms with Gasteiger partial charge >= 0.3 is 0 Å². The fraction of sp³-hybridized carbons (Fsp3) is 0.125. The van der Waals surface area contributed by atoms with E-state index in [0.717, 1.165) is 22.0 Å². The van der Waals surface area contributed by atoms with Crippen LogP contribution in [-0.2, 0) is 0 Å². The number of hydrazine groups is 2. The maximum Gasteiger partial charge on any atom is 0.0785 e. The Morgan fingerprint density at radius 2 is 1.80 bits per heavy atom. The zero-order valence-corrected chi connectivity index (χ0v) is 12.2. The molecule has 0 fully saturated rings. The summed E-state index contributed by atoms with van der Waals surface area (Å²) in [5.41, 5.74) is 7.83. The summed E-state index contributed by atoms with van der Waals surface area (Å²) in [5, 5.41) is 4.77. The lowest BCUT2D eigenvalue weighted by molar-refractivity contribution is 0.375. The minimum Gasteiger partial charge on any atom is -0.291 e. The molecule has 1 N–H and O–H groups in total. The van der Waals surface area contributed by atoms with Gasteiger partial charge in [-0.25, -0.2) is 0 Å². The Balaban J connectivity index is 1.96. The molecule has 0 amide bonds. The Bertz CT molecular complexity index is 652. The lowest BCUT2D eigenvalue weighted by atomic mass is 10.1. The summed E-state index contributed by atoms with van der Waals surface area (Å²) in [7, 11) is 2.00. The van der Waals surface area contributed by atoms with E-state index in [1.54, 1.807) is 0 Å². The van der Waals surface area contributed by atoms with Gasteiger partial charge in [-0.3, -0.25) is 10.0 Å². The van der Waals surface area contributed by atoms with Crippen LogP contribution in [0.5, 0.6) is 0 Å². The fourth-order valence-corrected chi connectivity index (χ4v) is 2.57. The first-order valence-electron chi connectivity index (χ1n) is 6.48. The maximum absolute atomic E-state index is 6.01. The van der Waals surface area contributed by atoms with E-state index in [0.29, 0.717) is 0 Å². The summed E-state index contributed by atoms with van der Waals surface area (Å²) < 4.78 is 0. The summed E-state index contributed by atoms with van der Waals surface area (Å²) in [6.07, 6.45) is 2.09. The zero-order chi connectivity index (χ0) is 14.1. The number of nitrogens with zero attached hydrogens (tertiary/aromatic N) is 2. The molecular weight excluding hydrogens is 270 g/mol. The average Bonchev–Trinajstić information content (AvgIpc) is 2.81. The third kappa shape index (κ3) is 2.38. The predicted molar refractivity (Wildman–Crippen MR) is 84.0 cm³/mol. The van der Waals surface area contributed by atoms with Crippen molar-refractivity contribution in [2.24, 2.45) is 0 Å². The first-order chi connectivity index (χ1) is 9.65. The van der Waals surface area contributed by atoms with Crippen LogP contribution in [0.3, 0.4) is 0 Å². The van der Waals surface area contributed by atoms with Gasteiger partial charge in [0.1, 0.15) is 0 Å². The Morgan fingerprint density at radius 3 is 2.50 bits per heavy atom. The van der Waals surface area contributed by atoms with Crippen molar-refractivity contribution < 1.29 is 0 Å². The molecule has 0 spiro atoms. The van der Waals surface area contributed by atoms with Gasteiger partial charge in [-0.15, -0.1) is 5.53 Å². The van der Waals surface area contributed by atoms with Crippen molar-refractivity contribution in [1.29, 1.82) is 0 Å². The highest BCUT2D eigenvalue weighted by Gasteiger charge is 2.20. The second-order valence-electron chi connectivity index (χ2n) is 4.84. The highest BCUT2D eigenvalue weighted by atomic mass is 35.5. The molecule has 0 atom stereocenters. The summed E-state index contributed by atoms with van der Waals surface area (Å²) in [5.74, 6) is 0. The van der Waals surface area contributed by atoms with Crippen LogP contribution in [0.2, 0.25) is 5.02 Å². The van der Waals surface area contributed by atoms with Gasteiger partial charge in [0, 0.05) is 23.8 Å². The minimum absolute atomic E-state index is 0.756. The zero-order valence-electron chi connectivity index (χ0n) is 11.5. The second kappa shape index (κ2) is 5.19. The number of halogens is 1. The molecule has 2 aromatic carbocycles. The molecule has 0 unspecified atom stereocenters. The van der Waals surface area contributed by atoms with Crippen molar-refractivity contribution in [2.45, 2.75) is 6.92 Å². The molecule has 1 aliphatic heterocycles. The van der Waals surface area contributed by atoms with Crippen LogP contribution >= 0.6 is 11.6 Å². The van der Waals surface area contributed by atoms with Gasteiger partial charge in [0.05, 0.1) is 11.4 Å². The van der Waals surface area contributed by atoms with E-state index in [1.165, 1.54) is 5.56 Å². The molecular formula is C16H16ClN3. The number of rotatable bonds is 2. The average molecular weight is 286 g/mol. The number of benzene rings is 2. The largest absolute Gasteiger partial charge is 0.291 e. The van der Waals surface area contributed by atoms with Crippen molar-refractivity contribution in [3.05, 3.63) is 70.9 Å². The Labute approximate surface area is 124 Å². The second-order valence-corrected chi connectivity index (χ2v) is 5.28. The number of hydrogen-bond acceptors (Lipinski definition) is 3. The lowest BCUT2D eigenvalue weighted by Gasteiger charge is -2.22. The van der Waals surface area contributed by atoms with E-state index >= 15 is 0 Å². The van der Waals surface area contributed by atoms with Crippen LogP contribution in [0.25, 0.3) is 5.70 Å². The molecule has 1 heterocycles. The molecule has 1 aliphatic rings. The smallest absolute Gasteiger partial charge is 0.0785 e. The number of aryl methyl sites for hydroxylation is 1. The van der Waals surface area contributed by atoms with Crippen LogP contribution in [0.15, 0.2) is 54.7 Å². The molecule has 3 rings (SSSR count). The first kappa shape index (κ1) is 13.0. The van der Waals surface area contributed by atoms with Gasteiger partial charge in [-0.2, -0.15) is 0 Å². The summed E-state index contributed by atoms with van der Waals surface area (Å²) in [4.78, 5) is 0. The molecule has 0 saturated carbocycles. The van der Waals surface area contributed by atoms with E-state index in [9.17, 15) is 0 Å². The number of anilines is 1. The summed E-state index contributed by atoms with van der Waals surface area (Å²) >= 11 is 6.01. The highest BCUT2D eigenvalue weighted by molar-refractivity contribution is 6.30. The normalized spacial score (nSPS) is 14.7. The van der Waals surface area contributed by atoms with Crippen molar-refractivity contribution >= 4 is 23.0 Å². The third-order valence-electron chi connectivity index (χ3n) is 3.36. The quantitative estimate of drug-likeness (QED) is 0.905. The van der Waals surface area contributed by atoms with Crippen molar-refractivity contribution in [3.63, 3.8) is 0 Å². The van der Waals surface area contributed by atoms with Crippen LogP contribution in [0, 0.1) is 6.92 Å². The van der Waals surface area contributed by atoms with E-state index in [2.05, 4.69) is 30.8 Å².